The molecule has 1 aliphatic heterocycles. The van der Waals surface area contributed by atoms with Gasteiger partial charge in [-0.25, -0.2) is 3.93 Å². The van der Waals surface area contributed by atoms with Crippen LogP contribution in [-0.4, -0.2) is 15.7 Å². The Hall–Kier alpha value is 1.92. The van der Waals surface area contributed by atoms with Gasteiger partial charge in [0.05, 0.1) is 27.3 Å². The van der Waals surface area contributed by atoms with Gasteiger partial charge >= 0.3 is 51.4 Å². The first-order chi connectivity index (χ1) is 6.95. The fourth-order valence-corrected chi connectivity index (χ4v) is 3.24. The average Bonchev–Trinajstić information content (AvgIpc) is 2.40. The van der Waals surface area contributed by atoms with Crippen molar-refractivity contribution in [3.05, 3.63) is 30.6 Å². The number of halogens is 4. The molecule has 0 aromatic heterocycles. The van der Waals surface area contributed by atoms with Crippen LogP contribution in [0.1, 0.15) is 22.1 Å². The summed E-state index contributed by atoms with van der Waals surface area (Å²) in [6, 6.07) is 1.62. The van der Waals surface area contributed by atoms with E-state index in [0.717, 1.165) is 8.40 Å². The van der Waals surface area contributed by atoms with Gasteiger partial charge in [0, 0.05) is 13.4 Å². The molecular formula is C8H2Br4KNO2. The van der Waals surface area contributed by atoms with Crippen LogP contribution in [0.4, 0.5) is 0 Å². The van der Waals surface area contributed by atoms with Crippen LogP contribution in [0.15, 0.2) is 19.5 Å². The third kappa shape index (κ3) is 2.46. The van der Waals surface area contributed by atoms with E-state index in [-0.39, 0.29) is 64.6 Å². The molecule has 0 fully saturated rings. The third-order valence-corrected chi connectivity index (χ3v) is 5.91. The topological polar surface area (TPSA) is 37.4 Å². The van der Waals surface area contributed by atoms with Crippen molar-refractivity contribution in [3.8, 4) is 0 Å². The van der Waals surface area contributed by atoms with Crippen LogP contribution in [0, 0.1) is 0 Å². The summed E-state index contributed by atoms with van der Waals surface area (Å²) < 4.78 is 2.93. The van der Waals surface area contributed by atoms with Gasteiger partial charge in [-0.2, -0.15) is 0 Å². The number of fused-ring (bicyclic) bond motifs is 1. The molecule has 1 aromatic carbocycles. The van der Waals surface area contributed by atoms with Crippen molar-refractivity contribution in [1.82, 2.24) is 3.93 Å². The number of hydrogen-bond donors (Lipinski definition) is 0. The molecule has 0 aliphatic carbocycles. The summed E-state index contributed by atoms with van der Waals surface area (Å²) in [7, 11) is 0. The number of amides is 2. The second kappa shape index (κ2) is 5.92. The predicted octanol–water partition coefficient (Wildman–Crippen LogP) is 0.997. The second-order valence-corrected chi connectivity index (χ2v) is 5.95. The van der Waals surface area contributed by atoms with E-state index in [4.69, 9.17) is 0 Å². The summed E-state index contributed by atoms with van der Waals surface area (Å²) in [5.41, 5.74) is 0.741. The van der Waals surface area contributed by atoms with Crippen molar-refractivity contribution in [2.45, 2.75) is 0 Å². The molecule has 0 saturated carbocycles. The van der Waals surface area contributed by atoms with Gasteiger partial charge in [0.2, 0.25) is 0 Å². The van der Waals surface area contributed by atoms with E-state index in [1.807, 2.05) is 0 Å². The SMILES string of the molecule is O=C1c2cc(Br)c(Br)c(Br)c2C(=O)N1Br.[H-].[K+]. The maximum Gasteiger partial charge on any atom is 1.00 e. The molecule has 0 N–H and O–H groups in total. The Kier molecular flexibility index (Phi) is 5.90. The van der Waals surface area contributed by atoms with E-state index in [2.05, 4.69) is 63.9 Å². The molecular weight excluding hydrogens is 501 g/mol. The molecule has 1 heterocycles. The van der Waals surface area contributed by atoms with Gasteiger partial charge in [-0.3, -0.25) is 9.59 Å². The number of rotatable bonds is 0. The minimum atomic E-state index is -0.366. The van der Waals surface area contributed by atoms with E-state index >= 15 is 0 Å². The molecule has 1 aliphatic rings. The third-order valence-electron chi connectivity index (χ3n) is 1.96. The molecule has 16 heavy (non-hydrogen) atoms. The van der Waals surface area contributed by atoms with Crippen LogP contribution in [0.2, 0.25) is 0 Å². The Morgan fingerprint density at radius 1 is 1.06 bits per heavy atom. The van der Waals surface area contributed by atoms with E-state index in [1.54, 1.807) is 6.07 Å². The van der Waals surface area contributed by atoms with E-state index in [0.29, 0.717) is 20.1 Å². The summed E-state index contributed by atoms with van der Waals surface area (Å²) in [5, 5.41) is 0. The van der Waals surface area contributed by atoms with Gasteiger partial charge in [-0.05, 0) is 53.9 Å². The standard InChI is InChI=1S/C8HBr4NO2.K.H/c9-3-1-2-4(6(11)5(3)10)8(15)13(12)7(2)14;;/h1H;;/q;+1;-1. The first-order valence-corrected chi connectivity index (χ1v) is 6.76. The van der Waals surface area contributed by atoms with Crippen molar-refractivity contribution in [2.75, 3.05) is 0 Å². The zero-order valence-electron chi connectivity index (χ0n) is 8.85. The Bertz CT molecular complexity index is 511. The molecule has 2 amide bonds. The second-order valence-electron chi connectivity index (χ2n) is 2.80. The van der Waals surface area contributed by atoms with Crippen molar-refractivity contribution < 1.29 is 62.4 Å². The zero-order chi connectivity index (χ0) is 11.3. The van der Waals surface area contributed by atoms with Gasteiger partial charge in [0.15, 0.2) is 0 Å². The van der Waals surface area contributed by atoms with Crippen LogP contribution < -0.4 is 51.4 Å². The summed E-state index contributed by atoms with van der Waals surface area (Å²) >= 11 is 12.8. The first-order valence-electron chi connectivity index (χ1n) is 3.67. The number of nitrogens with zero attached hydrogens (tertiary/aromatic N) is 1. The Balaban J connectivity index is 0.00000128. The molecule has 0 saturated heterocycles. The largest absolute Gasteiger partial charge is 1.00 e. The number of imide groups is 1. The number of carbonyl (C=O) groups is 2. The Morgan fingerprint density at radius 3 is 2.19 bits per heavy atom. The average molecular weight is 503 g/mol. The number of carbonyl (C=O) groups excluding carboxylic acids is 2. The quantitative estimate of drug-likeness (QED) is 0.230. The van der Waals surface area contributed by atoms with Crippen LogP contribution in [0.5, 0.6) is 0 Å². The number of hydrogen-bond acceptors (Lipinski definition) is 2. The summed E-state index contributed by atoms with van der Waals surface area (Å²) in [4.78, 5) is 23.3. The molecule has 2 rings (SSSR count). The fourth-order valence-electron chi connectivity index (χ4n) is 1.27. The van der Waals surface area contributed by atoms with Crippen LogP contribution >= 0.6 is 63.9 Å². The molecule has 0 atom stereocenters. The molecule has 1 aromatic rings. The summed E-state index contributed by atoms with van der Waals surface area (Å²) in [5.74, 6) is -0.723. The zero-order valence-corrected chi connectivity index (χ0v) is 17.3. The normalized spacial score (nSPS) is 13.9. The maximum atomic E-state index is 11.7. The number of benzene rings is 1. The van der Waals surface area contributed by atoms with E-state index in [1.165, 1.54) is 0 Å². The van der Waals surface area contributed by atoms with E-state index in [9.17, 15) is 9.59 Å². The van der Waals surface area contributed by atoms with Gasteiger partial charge < -0.3 is 1.43 Å². The van der Waals surface area contributed by atoms with Gasteiger partial charge in [-0.15, -0.1) is 0 Å². The monoisotopic (exact) mass is 499 g/mol. The van der Waals surface area contributed by atoms with Gasteiger partial charge in [0.1, 0.15) is 0 Å². The summed E-state index contributed by atoms with van der Waals surface area (Å²) in [6.07, 6.45) is 0. The predicted molar refractivity (Wildman–Crippen MR) is 70.1 cm³/mol. The molecule has 0 bridgehead atoms. The van der Waals surface area contributed by atoms with Crippen molar-refractivity contribution in [1.29, 1.82) is 0 Å². The minimum absolute atomic E-state index is 0. The molecule has 80 valence electrons. The minimum Gasteiger partial charge on any atom is -1.00 e. The molecule has 0 spiro atoms. The van der Waals surface area contributed by atoms with Crippen LogP contribution in [-0.2, 0) is 0 Å². The maximum absolute atomic E-state index is 11.7. The van der Waals surface area contributed by atoms with Gasteiger partial charge in [-0.1, -0.05) is 0 Å². The Labute approximate surface area is 169 Å². The van der Waals surface area contributed by atoms with Crippen molar-refractivity contribution >= 4 is 75.8 Å². The first kappa shape index (κ1) is 16.0. The summed E-state index contributed by atoms with van der Waals surface area (Å²) in [6.45, 7) is 0. The van der Waals surface area contributed by atoms with Crippen LogP contribution in [0.25, 0.3) is 0 Å². The molecule has 0 unspecified atom stereocenters. The van der Waals surface area contributed by atoms with Crippen molar-refractivity contribution in [2.24, 2.45) is 0 Å². The molecule has 3 nitrogen and oxygen atoms in total. The molecule has 8 heteroatoms. The van der Waals surface area contributed by atoms with Crippen LogP contribution in [0.3, 0.4) is 0 Å². The van der Waals surface area contributed by atoms with E-state index < -0.39 is 0 Å². The molecule has 0 radical (unpaired) electrons. The van der Waals surface area contributed by atoms with Crippen molar-refractivity contribution in [3.63, 3.8) is 0 Å². The Morgan fingerprint density at radius 2 is 1.62 bits per heavy atom. The smallest absolute Gasteiger partial charge is 1.00 e. The fraction of sp³-hybridized carbons (Fsp3) is 0. The van der Waals surface area contributed by atoms with Gasteiger partial charge in [0.25, 0.3) is 11.8 Å².